The molecule has 0 aromatic carbocycles. The van der Waals surface area contributed by atoms with Crippen molar-refractivity contribution in [1.82, 2.24) is 14.1 Å². The minimum atomic E-state index is 0.178. The normalized spacial score (nSPS) is 32.5. The molecule has 0 radical (unpaired) electrons. The first-order valence-electron chi connectivity index (χ1n) is 10.3. The lowest BCUT2D eigenvalue weighted by Gasteiger charge is -2.54. The van der Waals surface area contributed by atoms with E-state index in [1.807, 2.05) is 29.0 Å². The van der Waals surface area contributed by atoms with E-state index in [9.17, 15) is 4.79 Å². The van der Waals surface area contributed by atoms with Crippen molar-refractivity contribution in [3.8, 4) is 0 Å². The molecule has 0 unspecified atom stereocenters. The average molecular weight is 351 g/mol. The molecule has 2 aromatic heterocycles. The number of hydrogen-bond acceptors (Lipinski definition) is 2. The summed E-state index contributed by atoms with van der Waals surface area (Å²) in [6.07, 6.45) is 10.8. The molecule has 4 heteroatoms. The van der Waals surface area contributed by atoms with Gasteiger partial charge < -0.3 is 0 Å². The maximum absolute atomic E-state index is 13.4. The minimum Gasteiger partial charge on any atom is -0.295 e. The van der Waals surface area contributed by atoms with Gasteiger partial charge in [0.2, 0.25) is 0 Å². The molecule has 4 aliphatic rings. The van der Waals surface area contributed by atoms with Crippen molar-refractivity contribution < 1.29 is 0 Å². The highest BCUT2D eigenvalue weighted by atomic mass is 16.1. The molecule has 138 valence electrons. The van der Waals surface area contributed by atoms with Crippen molar-refractivity contribution in [1.29, 1.82) is 0 Å². The quantitative estimate of drug-likeness (QED) is 0.828. The van der Waals surface area contributed by atoms with E-state index in [0.29, 0.717) is 18.5 Å². The molecule has 6 rings (SSSR count). The summed E-state index contributed by atoms with van der Waals surface area (Å²) >= 11 is 0. The van der Waals surface area contributed by atoms with Crippen LogP contribution >= 0.6 is 0 Å². The van der Waals surface area contributed by atoms with Crippen LogP contribution in [0.3, 0.4) is 0 Å². The molecule has 2 aromatic rings. The monoisotopic (exact) mass is 351 g/mol. The zero-order valence-electron chi connectivity index (χ0n) is 15.8. The number of pyridine rings is 1. The van der Waals surface area contributed by atoms with E-state index in [-0.39, 0.29) is 5.69 Å². The molecule has 4 nitrogen and oxygen atoms in total. The third kappa shape index (κ3) is 2.57. The van der Waals surface area contributed by atoms with Gasteiger partial charge in [0.05, 0.1) is 12.2 Å². The van der Waals surface area contributed by atoms with Crippen LogP contribution in [-0.2, 0) is 6.54 Å². The Morgan fingerprint density at radius 3 is 2.35 bits per heavy atom. The second kappa shape index (κ2) is 6.11. The van der Waals surface area contributed by atoms with Crippen molar-refractivity contribution in [2.75, 3.05) is 0 Å². The van der Waals surface area contributed by atoms with E-state index in [4.69, 9.17) is 0 Å². The van der Waals surface area contributed by atoms with Gasteiger partial charge in [-0.2, -0.15) is 0 Å². The molecule has 0 aliphatic heterocycles. The van der Waals surface area contributed by atoms with Crippen LogP contribution in [0.4, 0.5) is 0 Å². The van der Waals surface area contributed by atoms with Crippen molar-refractivity contribution in [2.24, 2.45) is 23.7 Å². The first-order valence-corrected chi connectivity index (χ1v) is 10.3. The Balaban J connectivity index is 1.54. The third-order valence-electron chi connectivity index (χ3n) is 7.17. The molecule has 0 atom stereocenters. The minimum absolute atomic E-state index is 0.178. The van der Waals surface area contributed by atoms with E-state index >= 15 is 0 Å². The summed E-state index contributed by atoms with van der Waals surface area (Å²) in [6.45, 7) is 4.95. The van der Waals surface area contributed by atoms with Crippen molar-refractivity contribution in [3.63, 3.8) is 0 Å². The number of aromatic nitrogens is 3. The van der Waals surface area contributed by atoms with Crippen LogP contribution in [0, 0.1) is 23.7 Å². The Bertz CT molecular complexity index is 820. The highest BCUT2D eigenvalue weighted by Gasteiger charge is 2.49. The van der Waals surface area contributed by atoms with Gasteiger partial charge in [-0.1, -0.05) is 19.9 Å². The predicted molar refractivity (Wildman–Crippen MR) is 102 cm³/mol. The Hall–Kier alpha value is -1.84. The molecule has 2 heterocycles. The summed E-state index contributed by atoms with van der Waals surface area (Å²) in [6, 6.07) is 6.36. The topological polar surface area (TPSA) is 39.8 Å². The van der Waals surface area contributed by atoms with Gasteiger partial charge in [-0.15, -0.1) is 0 Å². The van der Waals surface area contributed by atoms with Crippen LogP contribution < -0.4 is 5.69 Å². The third-order valence-corrected chi connectivity index (χ3v) is 7.17. The van der Waals surface area contributed by atoms with Gasteiger partial charge in [0.25, 0.3) is 0 Å². The first kappa shape index (κ1) is 16.3. The number of nitrogens with zero attached hydrogens (tertiary/aromatic N) is 3. The van der Waals surface area contributed by atoms with Gasteiger partial charge >= 0.3 is 5.69 Å². The molecular weight excluding hydrogens is 322 g/mol. The van der Waals surface area contributed by atoms with Crippen LogP contribution in [-0.4, -0.2) is 14.1 Å². The molecule has 4 fully saturated rings. The lowest BCUT2D eigenvalue weighted by molar-refractivity contribution is -0.0305. The van der Waals surface area contributed by atoms with Gasteiger partial charge in [0.15, 0.2) is 0 Å². The van der Waals surface area contributed by atoms with E-state index in [1.54, 1.807) is 0 Å². The summed E-state index contributed by atoms with van der Waals surface area (Å²) in [5.74, 6) is 3.64. The lowest BCUT2D eigenvalue weighted by atomic mass is 9.54. The molecule has 26 heavy (non-hydrogen) atoms. The molecule has 0 N–H and O–H groups in total. The zero-order valence-corrected chi connectivity index (χ0v) is 15.8. The fraction of sp³-hybridized carbons (Fsp3) is 0.636. The summed E-state index contributed by atoms with van der Waals surface area (Å²) in [7, 11) is 0. The summed E-state index contributed by atoms with van der Waals surface area (Å²) in [4.78, 5) is 17.9. The molecule has 4 saturated carbocycles. The van der Waals surface area contributed by atoms with Gasteiger partial charge in [-0.05, 0) is 73.8 Å². The molecule has 0 amide bonds. The van der Waals surface area contributed by atoms with E-state index in [1.165, 1.54) is 32.1 Å². The van der Waals surface area contributed by atoms with Crippen LogP contribution in [0.5, 0.6) is 0 Å². The smallest absolute Gasteiger partial charge is 0.295 e. The van der Waals surface area contributed by atoms with E-state index in [0.717, 1.165) is 35.1 Å². The van der Waals surface area contributed by atoms with Crippen LogP contribution in [0.1, 0.15) is 69.3 Å². The number of imidazole rings is 1. The number of rotatable bonds is 4. The lowest BCUT2D eigenvalue weighted by Crippen LogP contribution is -2.48. The van der Waals surface area contributed by atoms with Crippen molar-refractivity contribution in [2.45, 2.75) is 64.5 Å². The van der Waals surface area contributed by atoms with Crippen LogP contribution in [0.25, 0.3) is 0 Å². The molecule has 4 aliphatic carbocycles. The Kier molecular flexibility index (Phi) is 3.84. The first-order chi connectivity index (χ1) is 12.6. The van der Waals surface area contributed by atoms with Crippen molar-refractivity contribution >= 4 is 0 Å². The van der Waals surface area contributed by atoms with Crippen LogP contribution in [0.15, 0.2) is 35.4 Å². The summed E-state index contributed by atoms with van der Waals surface area (Å²) in [5, 5.41) is 0. The Morgan fingerprint density at radius 1 is 1.08 bits per heavy atom. The predicted octanol–water partition coefficient (Wildman–Crippen LogP) is 4.21. The van der Waals surface area contributed by atoms with Gasteiger partial charge in [-0.25, -0.2) is 4.79 Å². The van der Waals surface area contributed by atoms with E-state index in [2.05, 4.69) is 29.6 Å². The standard InChI is InChI=1S/C22H29N3O/c1-14(2)20-13-25(22(26)24(20)12-19-5-3-4-6-23-19)21-17-8-15-7-16(10-17)11-18(21)9-15/h3-6,13-18,21H,7-12H2,1-2H3. The van der Waals surface area contributed by atoms with Crippen LogP contribution in [0.2, 0.25) is 0 Å². The fourth-order valence-electron chi connectivity index (χ4n) is 6.35. The summed E-state index contributed by atoms with van der Waals surface area (Å²) in [5.41, 5.74) is 2.28. The maximum Gasteiger partial charge on any atom is 0.328 e. The SMILES string of the molecule is CC(C)c1cn(C2C3CC4CC(C3)CC2C4)c(=O)n1Cc1ccccn1. The second-order valence-corrected chi connectivity index (χ2v) is 9.23. The van der Waals surface area contributed by atoms with Gasteiger partial charge in [-0.3, -0.25) is 14.1 Å². The van der Waals surface area contributed by atoms with E-state index < -0.39 is 0 Å². The number of hydrogen-bond donors (Lipinski definition) is 0. The van der Waals surface area contributed by atoms with Gasteiger partial charge in [0.1, 0.15) is 0 Å². The highest BCUT2D eigenvalue weighted by molar-refractivity contribution is 5.13. The summed E-state index contributed by atoms with van der Waals surface area (Å²) < 4.78 is 4.10. The van der Waals surface area contributed by atoms with Crippen molar-refractivity contribution in [3.05, 3.63) is 52.5 Å². The zero-order chi connectivity index (χ0) is 17.8. The molecule has 0 saturated heterocycles. The second-order valence-electron chi connectivity index (χ2n) is 9.23. The largest absolute Gasteiger partial charge is 0.328 e. The van der Waals surface area contributed by atoms with Gasteiger partial charge in [0, 0.05) is 24.1 Å². The molecule has 0 spiro atoms. The Labute approximate surface area is 155 Å². The molecular formula is C22H29N3O. The molecule has 4 bridgehead atoms. The Morgan fingerprint density at radius 2 is 1.77 bits per heavy atom. The fourth-order valence-corrected chi connectivity index (χ4v) is 6.35. The maximum atomic E-state index is 13.4. The highest BCUT2D eigenvalue weighted by Crippen LogP contribution is 2.58. The average Bonchev–Trinajstić information content (AvgIpc) is 2.92.